The second-order valence-electron chi connectivity index (χ2n) is 5.66. The molecule has 5 heteroatoms. The normalized spacial score (nSPS) is 24.9. The Morgan fingerprint density at radius 3 is 2.59 bits per heavy atom. The second kappa shape index (κ2) is 6.30. The first-order valence-electron chi connectivity index (χ1n) is 7.67. The lowest BCUT2D eigenvalue weighted by Gasteiger charge is -2.36. The summed E-state index contributed by atoms with van der Waals surface area (Å²) in [5.74, 6) is 2.47. The highest BCUT2D eigenvalue weighted by Crippen LogP contribution is 2.46. The van der Waals surface area contributed by atoms with E-state index in [0.29, 0.717) is 0 Å². The molecule has 0 amide bonds. The summed E-state index contributed by atoms with van der Waals surface area (Å²) in [6.07, 6.45) is 3.55. The highest BCUT2D eigenvalue weighted by atomic mass is 32.2. The van der Waals surface area contributed by atoms with Gasteiger partial charge in [0.25, 0.3) is 0 Å². The molecule has 0 radical (unpaired) electrons. The zero-order chi connectivity index (χ0) is 14.9. The van der Waals surface area contributed by atoms with Crippen molar-refractivity contribution in [2.45, 2.75) is 25.3 Å². The number of rotatable bonds is 1. The molecule has 1 aromatic rings. The van der Waals surface area contributed by atoms with Crippen LogP contribution in [0.25, 0.3) is 0 Å². The molecule has 1 aliphatic carbocycles. The van der Waals surface area contributed by atoms with Gasteiger partial charge in [-0.25, -0.2) is 0 Å². The molecule has 0 bridgehead atoms. The van der Waals surface area contributed by atoms with Crippen molar-refractivity contribution in [3.8, 4) is 0 Å². The van der Waals surface area contributed by atoms with Crippen LogP contribution >= 0.6 is 35.7 Å². The van der Waals surface area contributed by atoms with E-state index < -0.39 is 0 Å². The number of hydrogen-bond donors (Lipinski definition) is 2. The fourth-order valence-corrected chi connectivity index (χ4v) is 6.18. The van der Waals surface area contributed by atoms with Gasteiger partial charge in [0.1, 0.15) is 0 Å². The predicted molar refractivity (Wildman–Crippen MR) is 101 cm³/mol. The molecule has 0 saturated carbocycles. The number of benzene rings is 1. The van der Waals surface area contributed by atoms with Gasteiger partial charge in [-0.1, -0.05) is 30.3 Å². The van der Waals surface area contributed by atoms with E-state index in [2.05, 4.69) is 41.0 Å². The van der Waals surface area contributed by atoms with Crippen LogP contribution in [0.15, 0.2) is 51.4 Å². The Bertz CT molecular complexity index is 656. The van der Waals surface area contributed by atoms with Gasteiger partial charge in [0.05, 0.1) is 6.04 Å². The Morgan fingerprint density at radius 1 is 1.05 bits per heavy atom. The van der Waals surface area contributed by atoms with Crippen LogP contribution in [0.1, 0.15) is 30.9 Å². The van der Waals surface area contributed by atoms with Crippen LogP contribution in [0.4, 0.5) is 0 Å². The van der Waals surface area contributed by atoms with E-state index in [0.717, 1.165) is 11.5 Å². The molecule has 1 fully saturated rings. The quantitative estimate of drug-likeness (QED) is 0.737. The summed E-state index contributed by atoms with van der Waals surface area (Å²) in [6, 6.07) is 10.9. The van der Waals surface area contributed by atoms with E-state index in [1.54, 1.807) is 0 Å². The molecule has 1 saturated heterocycles. The molecule has 3 aliphatic rings. The van der Waals surface area contributed by atoms with Gasteiger partial charge in [-0.2, -0.15) is 0 Å². The zero-order valence-electron chi connectivity index (χ0n) is 12.2. The maximum absolute atomic E-state index is 5.49. The molecule has 1 atom stereocenters. The fourth-order valence-electron chi connectivity index (χ4n) is 3.33. The largest absolute Gasteiger partial charge is 0.352 e. The number of allylic oxidation sites excluding steroid dienone is 1. The van der Waals surface area contributed by atoms with E-state index >= 15 is 0 Å². The van der Waals surface area contributed by atoms with Gasteiger partial charge in [-0.05, 0) is 48.2 Å². The Labute approximate surface area is 145 Å². The Hall–Kier alpha value is -0.910. The van der Waals surface area contributed by atoms with Gasteiger partial charge < -0.3 is 10.6 Å². The molecule has 0 unspecified atom stereocenters. The molecule has 1 aromatic carbocycles. The molecule has 4 rings (SSSR count). The van der Waals surface area contributed by atoms with E-state index in [4.69, 9.17) is 12.2 Å². The highest BCUT2D eigenvalue weighted by Gasteiger charge is 2.32. The smallest absolute Gasteiger partial charge is 0.171 e. The third kappa shape index (κ3) is 2.70. The average molecular weight is 347 g/mol. The molecule has 0 spiro atoms. The third-order valence-corrected chi connectivity index (χ3v) is 7.31. The summed E-state index contributed by atoms with van der Waals surface area (Å²) in [5.41, 5.74) is 5.58. The first-order valence-corrected chi connectivity index (χ1v) is 10.1. The van der Waals surface area contributed by atoms with Crippen molar-refractivity contribution < 1.29 is 0 Å². The lowest BCUT2D eigenvalue weighted by atomic mass is 9.84. The number of hydrogen-bond acceptors (Lipinski definition) is 3. The molecule has 22 heavy (non-hydrogen) atoms. The standard InChI is InChI=1S/C17H18N2S3/c20-17-18-14(11-5-2-1-3-6-11)12-7-4-8-13(15(12)19-17)16-21-9-10-22-16/h1-3,5-6,14H,4,7-10H2,(H2,18,19,20)/t14-/m0/s1. The summed E-state index contributed by atoms with van der Waals surface area (Å²) in [5, 5.41) is 7.68. The van der Waals surface area contributed by atoms with Crippen molar-refractivity contribution >= 4 is 40.9 Å². The van der Waals surface area contributed by atoms with E-state index in [1.807, 2.05) is 23.5 Å². The first-order chi connectivity index (χ1) is 10.8. The van der Waals surface area contributed by atoms with Crippen molar-refractivity contribution in [1.82, 2.24) is 10.6 Å². The van der Waals surface area contributed by atoms with Crippen molar-refractivity contribution in [2.75, 3.05) is 11.5 Å². The molecule has 114 valence electrons. The predicted octanol–water partition coefficient (Wildman–Crippen LogP) is 4.34. The van der Waals surface area contributed by atoms with Gasteiger partial charge in [-0.15, -0.1) is 23.5 Å². The molecule has 2 aliphatic heterocycles. The summed E-state index contributed by atoms with van der Waals surface area (Å²) < 4.78 is 1.51. The van der Waals surface area contributed by atoms with Crippen LogP contribution in [0.5, 0.6) is 0 Å². The summed E-state index contributed by atoms with van der Waals surface area (Å²) in [4.78, 5) is 0. The van der Waals surface area contributed by atoms with Gasteiger partial charge in [0.15, 0.2) is 5.11 Å². The third-order valence-electron chi connectivity index (χ3n) is 4.29. The maximum Gasteiger partial charge on any atom is 0.171 e. The van der Waals surface area contributed by atoms with Gasteiger partial charge >= 0.3 is 0 Å². The fraction of sp³-hybridized carbons (Fsp3) is 0.353. The van der Waals surface area contributed by atoms with Gasteiger partial charge in [-0.3, -0.25) is 0 Å². The average Bonchev–Trinajstić information content (AvgIpc) is 3.08. The van der Waals surface area contributed by atoms with Crippen LogP contribution in [0.3, 0.4) is 0 Å². The van der Waals surface area contributed by atoms with Gasteiger partial charge in [0.2, 0.25) is 0 Å². The topological polar surface area (TPSA) is 24.1 Å². The number of thioether (sulfide) groups is 2. The van der Waals surface area contributed by atoms with E-state index in [9.17, 15) is 0 Å². The molecule has 0 aromatic heterocycles. The Morgan fingerprint density at radius 2 is 1.82 bits per heavy atom. The van der Waals surface area contributed by atoms with Crippen LogP contribution < -0.4 is 10.6 Å². The lowest BCUT2D eigenvalue weighted by molar-refractivity contribution is 0.608. The second-order valence-corrected chi connectivity index (χ2v) is 8.54. The van der Waals surface area contributed by atoms with E-state index in [-0.39, 0.29) is 6.04 Å². The minimum absolute atomic E-state index is 0.220. The summed E-state index contributed by atoms with van der Waals surface area (Å²) in [7, 11) is 0. The van der Waals surface area contributed by atoms with Crippen molar-refractivity contribution in [1.29, 1.82) is 0 Å². The zero-order valence-corrected chi connectivity index (χ0v) is 14.7. The van der Waals surface area contributed by atoms with Crippen LogP contribution in [-0.2, 0) is 0 Å². The summed E-state index contributed by atoms with van der Waals surface area (Å²) in [6.45, 7) is 0. The Balaban J connectivity index is 1.80. The molecular formula is C17H18N2S3. The minimum Gasteiger partial charge on any atom is -0.352 e. The van der Waals surface area contributed by atoms with E-state index in [1.165, 1.54) is 51.0 Å². The lowest BCUT2D eigenvalue weighted by Crippen LogP contribution is -2.45. The Kier molecular flexibility index (Phi) is 4.20. The number of nitrogens with one attached hydrogen (secondary N) is 2. The monoisotopic (exact) mass is 346 g/mol. The van der Waals surface area contributed by atoms with Crippen molar-refractivity contribution in [3.05, 3.63) is 57.0 Å². The first kappa shape index (κ1) is 14.7. The van der Waals surface area contributed by atoms with Gasteiger partial charge in [0, 0.05) is 21.4 Å². The molecular weight excluding hydrogens is 328 g/mol. The molecule has 2 nitrogen and oxygen atoms in total. The molecule has 2 N–H and O–H groups in total. The van der Waals surface area contributed by atoms with Crippen molar-refractivity contribution in [2.24, 2.45) is 0 Å². The molecule has 2 heterocycles. The van der Waals surface area contributed by atoms with Crippen molar-refractivity contribution in [3.63, 3.8) is 0 Å². The number of thiocarbonyl (C=S) groups is 1. The summed E-state index contributed by atoms with van der Waals surface area (Å²) >= 11 is 9.50. The SMILES string of the molecule is S=C1NC2=C(CCCC2=C2SCCS2)[C@H](c2ccccc2)N1. The maximum atomic E-state index is 5.49. The van der Waals surface area contributed by atoms with Crippen LogP contribution in [0, 0.1) is 0 Å². The van der Waals surface area contributed by atoms with Crippen LogP contribution in [-0.4, -0.2) is 16.6 Å². The minimum atomic E-state index is 0.220. The van der Waals surface area contributed by atoms with Crippen LogP contribution in [0.2, 0.25) is 0 Å². The highest BCUT2D eigenvalue weighted by molar-refractivity contribution is 8.25.